The van der Waals surface area contributed by atoms with Crippen LogP contribution in [0.3, 0.4) is 0 Å². The summed E-state index contributed by atoms with van der Waals surface area (Å²) in [5.74, 6) is 0.344. The lowest BCUT2D eigenvalue weighted by molar-refractivity contribution is 0.0945. The molecule has 0 fully saturated rings. The highest BCUT2D eigenvalue weighted by molar-refractivity contribution is 6.30. The van der Waals surface area contributed by atoms with Crippen LogP contribution in [0.15, 0.2) is 61.1 Å². The fourth-order valence-corrected chi connectivity index (χ4v) is 2.41. The Balaban J connectivity index is 1.46. The third-order valence-corrected chi connectivity index (χ3v) is 3.93. The molecule has 0 spiro atoms. The first-order chi connectivity index (χ1) is 12.7. The highest BCUT2D eigenvalue weighted by Crippen LogP contribution is 2.10. The smallest absolute Gasteiger partial charge is 0.271 e. The molecule has 7 heteroatoms. The van der Waals surface area contributed by atoms with E-state index in [4.69, 9.17) is 11.6 Å². The first-order valence-corrected chi connectivity index (χ1v) is 8.57. The van der Waals surface area contributed by atoms with Gasteiger partial charge in [0, 0.05) is 17.8 Å². The molecule has 3 aromatic rings. The van der Waals surface area contributed by atoms with Crippen molar-refractivity contribution in [3.8, 4) is 0 Å². The van der Waals surface area contributed by atoms with Crippen LogP contribution in [0.2, 0.25) is 5.02 Å². The summed E-state index contributed by atoms with van der Waals surface area (Å²) in [6.45, 7) is 1.06. The van der Waals surface area contributed by atoms with E-state index in [0.29, 0.717) is 18.9 Å². The highest BCUT2D eigenvalue weighted by Gasteiger charge is 2.08. The molecule has 2 heterocycles. The monoisotopic (exact) mass is 367 g/mol. The summed E-state index contributed by atoms with van der Waals surface area (Å²) in [7, 11) is 0. The summed E-state index contributed by atoms with van der Waals surface area (Å²) in [5.41, 5.74) is 2.24. The second-order valence-electron chi connectivity index (χ2n) is 5.59. The predicted molar refractivity (Wildman–Crippen MR) is 101 cm³/mol. The molecule has 0 saturated heterocycles. The molecule has 0 unspecified atom stereocenters. The number of nitrogens with one attached hydrogen (secondary N) is 2. The molecule has 1 aromatic carbocycles. The average molecular weight is 368 g/mol. The van der Waals surface area contributed by atoms with Crippen LogP contribution >= 0.6 is 11.6 Å². The molecule has 132 valence electrons. The van der Waals surface area contributed by atoms with Gasteiger partial charge in [-0.05, 0) is 36.2 Å². The maximum Gasteiger partial charge on any atom is 0.271 e. The van der Waals surface area contributed by atoms with Gasteiger partial charge >= 0.3 is 0 Å². The molecule has 3 rings (SSSR count). The van der Waals surface area contributed by atoms with E-state index in [0.717, 1.165) is 17.1 Å². The topological polar surface area (TPSA) is 79.8 Å². The van der Waals surface area contributed by atoms with E-state index in [1.807, 2.05) is 42.5 Å². The lowest BCUT2D eigenvalue weighted by atomic mass is 10.1. The van der Waals surface area contributed by atoms with Gasteiger partial charge in [-0.25, -0.2) is 9.97 Å². The second kappa shape index (κ2) is 8.92. The van der Waals surface area contributed by atoms with E-state index in [1.165, 1.54) is 11.8 Å². The summed E-state index contributed by atoms with van der Waals surface area (Å²) in [6.07, 6.45) is 5.53. The quantitative estimate of drug-likeness (QED) is 0.670. The second-order valence-corrected chi connectivity index (χ2v) is 6.03. The lowest BCUT2D eigenvalue weighted by Gasteiger charge is -2.07. The largest absolute Gasteiger partial charge is 0.368 e. The first-order valence-electron chi connectivity index (χ1n) is 8.19. The number of rotatable bonds is 7. The fraction of sp³-hybridized carbons (Fsp3) is 0.158. The molecule has 26 heavy (non-hydrogen) atoms. The Bertz CT molecular complexity index is 838. The Morgan fingerprint density at radius 2 is 1.85 bits per heavy atom. The zero-order valence-corrected chi connectivity index (χ0v) is 14.8. The normalized spacial score (nSPS) is 10.3. The van der Waals surface area contributed by atoms with Crippen LogP contribution in [-0.2, 0) is 13.0 Å². The Labute approximate surface area is 156 Å². The third-order valence-electron chi connectivity index (χ3n) is 3.67. The van der Waals surface area contributed by atoms with Crippen molar-refractivity contribution in [2.45, 2.75) is 13.0 Å². The molecule has 1 amide bonds. The molecule has 0 aliphatic rings. The van der Waals surface area contributed by atoms with Gasteiger partial charge in [-0.1, -0.05) is 29.8 Å². The van der Waals surface area contributed by atoms with Crippen LogP contribution in [0.1, 0.15) is 21.7 Å². The number of carbonyl (C=O) groups excluding carboxylic acids is 1. The maximum atomic E-state index is 12.1. The number of hydrogen-bond donors (Lipinski definition) is 2. The molecule has 0 aliphatic heterocycles. The zero-order chi connectivity index (χ0) is 18.2. The number of hydrogen-bond acceptors (Lipinski definition) is 5. The standard InChI is InChI=1S/C19H18ClN5O/c20-15-6-4-14(5-7-15)8-10-22-18-13-23-17(12-24-18)19(26)25-11-16-3-1-2-9-21-16/h1-7,9,12-13H,8,10-11H2,(H,22,24)(H,25,26). The summed E-state index contributed by atoms with van der Waals surface area (Å²) in [5, 5.41) is 6.68. The number of aromatic nitrogens is 3. The molecule has 0 aliphatic carbocycles. The Hall–Kier alpha value is -2.99. The van der Waals surface area contributed by atoms with Crippen LogP contribution in [0.5, 0.6) is 0 Å². The summed E-state index contributed by atoms with van der Waals surface area (Å²) in [4.78, 5) is 24.6. The molecule has 0 bridgehead atoms. The van der Waals surface area contributed by atoms with Crippen LogP contribution in [0.4, 0.5) is 5.82 Å². The van der Waals surface area contributed by atoms with Crippen LogP contribution < -0.4 is 10.6 Å². The molecule has 0 saturated carbocycles. The Morgan fingerprint density at radius 1 is 1.00 bits per heavy atom. The summed E-state index contributed by atoms with van der Waals surface area (Å²) < 4.78 is 0. The number of pyridine rings is 1. The summed E-state index contributed by atoms with van der Waals surface area (Å²) in [6, 6.07) is 13.3. The van der Waals surface area contributed by atoms with Gasteiger partial charge in [0.15, 0.2) is 0 Å². The van der Waals surface area contributed by atoms with Crippen molar-refractivity contribution >= 4 is 23.3 Å². The van der Waals surface area contributed by atoms with E-state index in [9.17, 15) is 4.79 Å². The fourth-order valence-electron chi connectivity index (χ4n) is 2.29. The van der Waals surface area contributed by atoms with Crippen molar-refractivity contribution < 1.29 is 4.79 Å². The van der Waals surface area contributed by atoms with Crippen LogP contribution in [0.25, 0.3) is 0 Å². The lowest BCUT2D eigenvalue weighted by Crippen LogP contribution is -2.24. The number of amides is 1. The number of carbonyl (C=O) groups is 1. The van der Waals surface area contributed by atoms with E-state index < -0.39 is 0 Å². The molecule has 2 N–H and O–H groups in total. The third kappa shape index (κ3) is 5.26. The van der Waals surface area contributed by atoms with Gasteiger partial charge in [-0.3, -0.25) is 9.78 Å². The first kappa shape index (κ1) is 17.8. The minimum Gasteiger partial charge on any atom is -0.368 e. The van der Waals surface area contributed by atoms with E-state index in [1.54, 1.807) is 12.4 Å². The van der Waals surface area contributed by atoms with Gasteiger partial charge < -0.3 is 10.6 Å². The SMILES string of the molecule is O=C(NCc1ccccn1)c1cnc(NCCc2ccc(Cl)cc2)cn1. The Morgan fingerprint density at radius 3 is 2.54 bits per heavy atom. The Kier molecular flexibility index (Phi) is 6.11. The molecule has 6 nitrogen and oxygen atoms in total. The van der Waals surface area contributed by atoms with E-state index in [2.05, 4.69) is 25.6 Å². The average Bonchev–Trinajstić information content (AvgIpc) is 2.69. The number of benzene rings is 1. The number of anilines is 1. The van der Waals surface area contributed by atoms with Crippen molar-refractivity contribution in [2.75, 3.05) is 11.9 Å². The van der Waals surface area contributed by atoms with Crippen molar-refractivity contribution in [3.63, 3.8) is 0 Å². The minimum absolute atomic E-state index is 0.268. The molecule has 0 atom stereocenters. The number of halogens is 1. The number of nitrogens with zero attached hydrogens (tertiary/aromatic N) is 3. The van der Waals surface area contributed by atoms with Crippen molar-refractivity contribution in [1.82, 2.24) is 20.3 Å². The van der Waals surface area contributed by atoms with Gasteiger partial charge in [0.2, 0.25) is 0 Å². The van der Waals surface area contributed by atoms with Crippen LogP contribution in [-0.4, -0.2) is 27.4 Å². The van der Waals surface area contributed by atoms with Crippen molar-refractivity contribution in [2.24, 2.45) is 0 Å². The predicted octanol–water partition coefficient (Wildman–Crippen LogP) is 3.11. The zero-order valence-electron chi connectivity index (χ0n) is 14.0. The van der Waals surface area contributed by atoms with Gasteiger partial charge in [-0.2, -0.15) is 0 Å². The maximum absolute atomic E-state index is 12.1. The van der Waals surface area contributed by atoms with Gasteiger partial charge in [0.25, 0.3) is 5.91 Å². The molecular weight excluding hydrogens is 350 g/mol. The summed E-state index contributed by atoms with van der Waals surface area (Å²) >= 11 is 5.87. The van der Waals surface area contributed by atoms with Crippen molar-refractivity contribution in [1.29, 1.82) is 0 Å². The van der Waals surface area contributed by atoms with Gasteiger partial charge in [0.1, 0.15) is 11.5 Å². The minimum atomic E-state index is -0.282. The molecular formula is C19H18ClN5O. The van der Waals surface area contributed by atoms with Gasteiger partial charge in [-0.15, -0.1) is 0 Å². The van der Waals surface area contributed by atoms with Gasteiger partial charge in [0.05, 0.1) is 24.6 Å². The molecule has 0 radical (unpaired) electrons. The van der Waals surface area contributed by atoms with Crippen LogP contribution in [0, 0.1) is 0 Å². The van der Waals surface area contributed by atoms with E-state index in [-0.39, 0.29) is 11.6 Å². The highest BCUT2D eigenvalue weighted by atomic mass is 35.5. The van der Waals surface area contributed by atoms with E-state index >= 15 is 0 Å². The molecule has 2 aromatic heterocycles. The van der Waals surface area contributed by atoms with Crippen molar-refractivity contribution in [3.05, 3.63) is 83.0 Å².